The van der Waals surface area contributed by atoms with Crippen molar-refractivity contribution in [2.24, 2.45) is 33.8 Å². The number of carbonyl (C=O) groups is 6. The maximum Gasteiger partial charge on any atom is 0.326 e. The summed E-state index contributed by atoms with van der Waals surface area (Å²) in [4.78, 5) is 83.7. The maximum absolute atomic E-state index is 13.7. The van der Waals surface area contributed by atoms with Crippen LogP contribution in [0.4, 0.5) is 0 Å². The van der Waals surface area contributed by atoms with Crippen LogP contribution in [-0.4, -0.2) is 107 Å². The van der Waals surface area contributed by atoms with Crippen LogP contribution in [0.25, 0.3) is 0 Å². The van der Waals surface area contributed by atoms with E-state index in [-0.39, 0.29) is 50.7 Å². The molecule has 1 aromatic carbocycles. The molecule has 284 valence electrons. The van der Waals surface area contributed by atoms with Crippen molar-refractivity contribution in [2.45, 2.75) is 108 Å². The molecule has 13 N–H and O–H groups in total. The third kappa shape index (κ3) is 14.2. The predicted molar refractivity (Wildman–Crippen MR) is 192 cm³/mol. The molecule has 2 rings (SSSR count). The summed E-state index contributed by atoms with van der Waals surface area (Å²) in [5, 5.41) is 20.3. The Morgan fingerprint density at radius 2 is 1.47 bits per heavy atom. The molecule has 0 bridgehead atoms. The molecule has 1 aliphatic rings. The molecule has 17 heteroatoms. The van der Waals surface area contributed by atoms with E-state index in [1.807, 2.05) is 30.3 Å². The zero-order valence-corrected chi connectivity index (χ0v) is 29.8. The van der Waals surface area contributed by atoms with Gasteiger partial charge in [-0.2, -0.15) is 0 Å². The van der Waals surface area contributed by atoms with Gasteiger partial charge in [0.1, 0.15) is 30.2 Å². The first-order valence-corrected chi connectivity index (χ1v) is 17.5. The molecule has 1 aromatic rings. The normalized spacial score (nSPS) is 17.0. The number of nitrogens with two attached hydrogens (primary N) is 4. The number of hydrogen-bond acceptors (Lipinski definition) is 9. The van der Waals surface area contributed by atoms with Gasteiger partial charge in [-0.05, 0) is 76.3 Å². The second kappa shape index (κ2) is 21.4. The quantitative estimate of drug-likeness (QED) is 0.0398. The van der Waals surface area contributed by atoms with E-state index in [0.29, 0.717) is 32.2 Å². The first kappa shape index (κ1) is 42.4. The lowest BCUT2D eigenvalue weighted by Gasteiger charge is -2.28. The number of likely N-dealkylation sites (tertiary alicyclic amines) is 1. The molecule has 1 aliphatic heterocycles. The molecule has 0 spiro atoms. The highest BCUT2D eigenvalue weighted by atomic mass is 16.4. The number of hydrogen-bond donors (Lipinski definition) is 9. The Balaban J connectivity index is 2.20. The number of aliphatic imine (C=N–C) groups is 1. The van der Waals surface area contributed by atoms with Crippen LogP contribution in [0.5, 0.6) is 0 Å². The Hall–Kier alpha value is -4.77. The number of amides is 5. The average molecular weight is 717 g/mol. The van der Waals surface area contributed by atoms with Crippen molar-refractivity contribution < 1.29 is 33.9 Å². The Morgan fingerprint density at radius 3 is 2.06 bits per heavy atom. The number of carboxylic acid groups (broad SMARTS) is 1. The van der Waals surface area contributed by atoms with Gasteiger partial charge in [-0.25, -0.2) is 4.79 Å². The number of unbranched alkanes of at least 4 members (excludes halogenated alkanes) is 1. The van der Waals surface area contributed by atoms with Gasteiger partial charge in [0.2, 0.25) is 29.5 Å². The summed E-state index contributed by atoms with van der Waals surface area (Å²) in [6, 6.07) is 2.95. The summed E-state index contributed by atoms with van der Waals surface area (Å²) >= 11 is 0. The topological polar surface area (TPSA) is 290 Å². The summed E-state index contributed by atoms with van der Waals surface area (Å²) in [5.74, 6) is -4.68. The number of benzene rings is 1. The summed E-state index contributed by atoms with van der Waals surface area (Å²) < 4.78 is 0. The van der Waals surface area contributed by atoms with Crippen LogP contribution in [0.3, 0.4) is 0 Å². The molecule has 6 atom stereocenters. The van der Waals surface area contributed by atoms with Crippen molar-refractivity contribution in [3.05, 3.63) is 35.9 Å². The molecular weight excluding hydrogens is 660 g/mol. The highest BCUT2D eigenvalue weighted by molar-refractivity contribution is 5.96. The van der Waals surface area contributed by atoms with Crippen LogP contribution in [0.1, 0.15) is 71.3 Å². The Kier molecular flexibility index (Phi) is 17.8. The lowest BCUT2D eigenvalue weighted by molar-refractivity contribution is -0.149. The van der Waals surface area contributed by atoms with Crippen molar-refractivity contribution in [3.8, 4) is 0 Å². The zero-order valence-electron chi connectivity index (χ0n) is 29.8. The largest absolute Gasteiger partial charge is 0.480 e. The molecular formula is C34H56N10O7. The van der Waals surface area contributed by atoms with Gasteiger partial charge in [-0.1, -0.05) is 44.2 Å². The minimum atomic E-state index is -1.17. The summed E-state index contributed by atoms with van der Waals surface area (Å²) in [5.41, 5.74) is 23.5. The van der Waals surface area contributed by atoms with E-state index in [2.05, 4.69) is 26.3 Å². The number of carbonyl (C=O) groups excluding carboxylic acids is 5. The van der Waals surface area contributed by atoms with Crippen molar-refractivity contribution in [1.29, 1.82) is 0 Å². The smallest absolute Gasteiger partial charge is 0.326 e. The number of guanidine groups is 1. The number of aliphatic carboxylic acids is 1. The van der Waals surface area contributed by atoms with Gasteiger partial charge in [0, 0.05) is 13.1 Å². The molecule has 1 heterocycles. The van der Waals surface area contributed by atoms with E-state index >= 15 is 0 Å². The van der Waals surface area contributed by atoms with Gasteiger partial charge in [0.25, 0.3) is 0 Å². The molecule has 0 saturated carbocycles. The van der Waals surface area contributed by atoms with Gasteiger partial charge in [-0.3, -0.25) is 29.0 Å². The molecule has 0 radical (unpaired) electrons. The molecule has 1 saturated heterocycles. The van der Waals surface area contributed by atoms with Crippen LogP contribution in [0.2, 0.25) is 0 Å². The van der Waals surface area contributed by atoms with Gasteiger partial charge >= 0.3 is 5.97 Å². The first-order chi connectivity index (χ1) is 24.2. The van der Waals surface area contributed by atoms with Crippen molar-refractivity contribution in [1.82, 2.24) is 26.2 Å². The average Bonchev–Trinajstić information content (AvgIpc) is 3.58. The monoisotopic (exact) mass is 716 g/mol. The predicted octanol–water partition coefficient (Wildman–Crippen LogP) is -1.57. The molecule has 51 heavy (non-hydrogen) atoms. The highest BCUT2D eigenvalue weighted by Crippen LogP contribution is 2.18. The lowest BCUT2D eigenvalue weighted by atomic mass is 10.00. The minimum absolute atomic E-state index is 0.0736. The Morgan fingerprint density at radius 1 is 0.863 bits per heavy atom. The molecule has 0 aromatic heterocycles. The maximum atomic E-state index is 13.7. The third-order valence-corrected chi connectivity index (χ3v) is 8.59. The SMILES string of the molecule is CC(C)[C@H](NC(=O)[C@@H](N)Cc1ccccc1)C(=O)N[C@@H](CCCCN)C(=O)N[C@@H](CCCN=C(N)N)C(=O)N[C@@H](C)C(=O)N1CCC[C@H]1C(=O)O. The van der Waals surface area contributed by atoms with Gasteiger partial charge < -0.3 is 54.2 Å². The number of rotatable bonds is 21. The standard InChI is InChI=1S/C34H56N10O7/c1-20(2)27(43-28(45)23(36)19-22-11-5-4-6-12-22)31(48)42-24(13-7-8-16-35)30(47)41-25(14-9-17-39-34(37)38)29(46)40-21(3)32(49)44-18-10-15-26(44)33(50)51/h4-6,11-12,20-21,23-27H,7-10,13-19,35-36H2,1-3H3,(H,40,46)(H,41,47)(H,42,48)(H,43,45)(H,50,51)(H4,37,38,39)/t21-,23-,24-,25-,26-,27-/m0/s1. The highest BCUT2D eigenvalue weighted by Gasteiger charge is 2.37. The number of nitrogens with one attached hydrogen (secondary N) is 4. The molecule has 0 unspecified atom stereocenters. The van der Waals surface area contributed by atoms with Gasteiger partial charge in [-0.15, -0.1) is 0 Å². The minimum Gasteiger partial charge on any atom is -0.480 e. The van der Waals surface area contributed by atoms with E-state index in [0.717, 1.165) is 5.56 Å². The van der Waals surface area contributed by atoms with E-state index in [1.165, 1.54) is 11.8 Å². The third-order valence-electron chi connectivity index (χ3n) is 8.59. The summed E-state index contributed by atoms with van der Waals surface area (Å²) in [6.07, 6.45) is 2.67. The van der Waals surface area contributed by atoms with Crippen LogP contribution in [0, 0.1) is 5.92 Å². The first-order valence-electron chi connectivity index (χ1n) is 17.5. The van der Waals surface area contributed by atoms with Crippen LogP contribution >= 0.6 is 0 Å². The number of carboxylic acids is 1. The van der Waals surface area contributed by atoms with Gasteiger partial charge in [0.15, 0.2) is 5.96 Å². The van der Waals surface area contributed by atoms with E-state index in [1.54, 1.807) is 13.8 Å². The van der Waals surface area contributed by atoms with Gasteiger partial charge in [0.05, 0.1) is 6.04 Å². The van der Waals surface area contributed by atoms with Crippen molar-refractivity contribution >= 4 is 41.5 Å². The molecule has 17 nitrogen and oxygen atoms in total. The summed E-state index contributed by atoms with van der Waals surface area (Å²) in [6.45, 7) is 5.69. The van der Waals surface area contributed by atoms with Crippen LogP contribution in [-0.2, 0) is 35.2 Å². The second-order valence-corrected chi connectivity index (χ2v) is 13.1. The Labute approximate surface area is 299 Å². The molecule has 0 aliphatic carbocycles. The Bertz CT molecular complexity index is 1360. The fourth-order valence-electron chi connectivity index (χ4n) is 5.74. The summed E-state index contributed by atoms with van der Waals surface area (Å²) in [7, 11) is 0. The fourth-order valence-corrected chi connectivity index (χ4v) is 5.74. The second-order valence-electron chi connectivity index (χ2n) is 13.1. The fraction of sp³-hybridized carbons (Fsp3) is 0.618. The van der Waals surface area contributed by atoms with E-state index in [4.69, 9.17) is 22.9 Å². The van der Waals surface area contributed by atoms with E-state index < -0.39 is 71.8 Å². The lowest BCUT2D eigenvalue weighted by Crippen LogP contribution is -2.59. The van der Waals surface area contributed by atoms with E-state index in [9.17, 15) is 33.9 Å². The van der Waals surface area contributed by atoms with Crippen LogP contribution < -0.4 is 44.2 Å². The molecule has 1 fully saturated rings. The van der Waals surface area contributed by atoms with Crippen molar-refractivity contribution in [2.75, 3.05) is 19.6 Å². The van der Waals surface area contributed by atoms with Crippen LogP contribution in [0.15, 0.2) is 35.3 Å². The molecule has 5 amide bonds. The van der Waals surface area contributed by atoms with Crippen molar-refractivity contribution in [3.63, 3.8) is 0 Å². The number of nitrogens with zero attached hydrogens (tertiary/aromatic N) is 2. The zero-order chi connectivity index (χ0) is 38.1.